The molecule has 0 bridgehead atoms. The van der Waals surface area contributed by atoms with Gasteiger partial charge in [0.2, 0.25) is 0 Å². The van der Waals surface area contributed by atoms with E-state index in [1.165, 1.54) is 16.7 Å². The molecule has 1 heteroatoms. The minimum atomic E-state index is 0.224. The van der Waals surface area contributed by atoms with Gasteiger partial charge >= 0.3 is 0 Å². The SMILES string of the molecule is C#Cc1ccccc1C1NCCc2ccccc21. The van der Waals surface area contributed by atoms with Gasteiger partial charge in [-0.3, -0.25) is 0 Å². The minimum absolute atomic E-state index is 0.224. The Hall–Kier alpha value is -2.04. The van der Waals surface area contributed by atoms with Gasteiger partial charge in [-0.1, -0.05) is 48.4 Å². The van der Waals surface area contributed by atoms with Crippen molar-refractivity contribution in [1.82, 2.24) is 5.32 Å². The molecule has 0 saturated carbocycles. The maximum Gasteiger partial charge on any atom is 0.0591 e. The van der Waals surface area contributed by atoms with Crippen LogP contribution in [0.4, 0.5) is 0 Å². The molecule has 1 aliphatic rings. The summed E-state index contributed by atoms with van der Waals surface area (Å²) in [5, 5.41) is 3.57. The first-order valence-corrected chi connectivity index (χ1v) is 6.27. The van der Waals surface area contributed by atoms with Crippen molar-refractivity contribution >= 4 is 0 Å². The molecule has 18 heavy (non-hydrogen) atoms. The molecule has 1 heterocycles. The van der Waals surface area contributed by atoms with Gasteiger partial charge in [0, 0.05) is 12.1 Å². The zero-order valence-corrected chi connectivity index (χ0v) is 10.2. The van der Waals surface area contributed by atoms with Gasteiger partial charge < -0.3 is 5.32 Å². The van der Waals surface area contributed by atoms with Gasteiger partial charge in [0.05, 0.1) is 6.04 Å². The summed E-state index contributed by atoms with van der Waals surface area (Å²) in [7, 11) is 0. The summed E-state index contributed by atoms with van der Waals surface area (Å²) >= 11 is 0. The molecule has 1 N–H and O–H groups in total. The molecule has 88 valence electrons. The highest BCUT2D eigenvalue weighted by Gasteiger charge is 2.22. The molecule has 0 radical (unpaired) electrons. The maximum atomic E-state index is 5.60. The summed E-state index contributed by atoms with van der Waals surface area (Å²) in [6.07, 6.45) is 6.69. The van der Waals surface area contributed by atoms with Crippen LogP contribution < -0.4 is 5.32 Å². The average molecular weight is 233 g/mol. The highest BCUT2D eigenvalue weighted by Crippen LogP contribution is 2.30. The second-order valence-corrected chi connectivity index (χ2v) is 4.57. The molecule has 2 aromatic carbocycles. The second-order valence-electron chi connectivity index (χ2n) is 4.57. The van der Waals surface area contributed by atoms with Crippen molar-refractivity contribution in [2.75, 3.05) is 6.54 Å². The summed E-state index contributed by atoms with van der Waals surface area (Å²) < 4.78 is 0. The lowest BCUT2D eigenvalue weighted by Crippen LogP contribution is -2.30. The molecular formula is C17H15N. The van der Waals surface area contributed by atoms with Crippen molar-refractivity contribution in [1.29, 1.82) is 0 Å². The fourth-order valence-corrected chi connectivity index (χ4v) is 2.66. The van der Waals surface area contributed by atoms with Crippen LogP contribution in [0.15, 0.2) is 48.5 Å². The monoisotopic (exact) mass is 233 g/mol. The molecule has 1 nitrogen and oxygen atoms in total. The van der Waals surface area contributed by atoms with E-state index in [-0.39, 0.29) is 6.04 Å². The van der Waals surface area contributed by atoms with Crippen LogP contribution in [-0.2, 0) is 6.42 Å². The second kappa shape index (κ2) is 4.68. The van der Waals surface area contributed by atoms with Crippen molar-refractivity contribution in [2.24, 2.45) is 0 Å². The predicted molar refractivity (Wildman–Crippen MR) is 74.4 cm³/mol. The van der Waals surface area contributed by atoms with Crippen LogP contribution in [-0.4, -0.2) is 6.54 Å². The molecule has 0 spiro atoms. The zero-order valence-electron chi connectivity index (χ0n) is 10.2. The minimum Gasteiger partial charge on any atom is -0.306 e. The lowest BCUT2D eigenvalue weighted by Gasteiger charge is -2.28. The smallest absolute Gasteiger partial charge is 0.0591 e. The van der Waals surface area contributed by atoms with E-state index in [1.807, 2.05) is 12.1 Å². The summed E-state index contributed by atoms with van der Waals surface area (Å²) in [5.74, 6) is 2.78. The van der Waals surface area contributed by atoms with Gasteiger partial charge in [0.25, 0.3) is 0 Å². The largest absolute Gasteiger partial charge is 0.306 e. The standard InChI is InChI=1S/C17H15N/c1-2-13-7-3-5-9-15(13)17-16-10-6-4-8-14(16)11-12-18-17/h1,3-10,17-18H,11-12H2. The van der Waals surface area contributed by atoms with Gasteiger partial charge in [-0.2, -0.15) is 0 Å². The molecule has 1 aliphatic heterocycles. The Bertz CT molecular complexity index is 607. The molecule has 0 saturated heterocycles. The van der Waals surface area contributed by atoms with Gasteiger partial charge in [0.1, 0.15) is 0 Å². The molecule has 0 aromatic heterocycles. The third kappa shape index (κ3) is 1.81. The molecule has 0 fully saturated rings. The van der Waals surface area contributed by atoms with Crippen LogP contribution in [0.25, 0.3) is 0 Å². The Labute approximate surface area is 108 Å². The Balaban J connectivity index is 2.12. The van der Waals surface area contributed by atoms with Crippen LogP contribution in [0.1, 0.15) is 28.3 Å². The summed E-state index contributed by atoms with van der Waals surface area (Å²) in [6.45, 7) is 1.00. The fourth-order valence-electron chi connectivity index (χ4n) is 2.66. The highest BCUT2D eigenvalue weighted by molar-refractivity contribution is 5.47. The van der Waals surface area contributed by atoms with E-state index in [0.717, 1.165) is 18.5 Å². The van der Waals surface area contributed by atoms with E-state index in [0.29, 0.717) is 0 Å². The van der Waals surface area contributed by atoms with Crippen LogP contribution in [0.5, 0.6) is 0 Å². The lowest BCUT2D eigenvalue weighted by atomic mass is 9.88. The number of terminal acetylenes is 1. The quantitative estimate of drug-likeness (QED) is 0.747. The average Bonchev–Trinajstić information content (AvgIpc) is 2.46. The Morgan fingerprint density at radius 2 is 1.72 bits per heavy atom. The molecule has 0 aliphatic carbocycles. The van der Waals surface area contributed by atoms with E-state index in [1.54, 1.807) is 0 Å². The van der Waals surface area contributed by atoms with Crippen molar-refractivity contribution < 1.29 is 0 Å². The molecule has 1 unspecified atom stereocenters. The number of fused-ring (bicyclic) bond motifs is 1. The first kappa shape index (κ1) is 11.1. The van der Waals surface area contributed by atoms with E-state index in [2.05, 4.69) is 47.6 Å². The number of hydrogen-bond acceptors (Lipinski definition) is 1. The maximum absolute atomic E-state index is 5.60. The molecule has 2 aromatic rings. The van der Waals surface area contributed by atoms with Gasteiger partial charge in [-0.05, 0) is 29.2 Å². The van der Waals surface area contributed by atoms with Gasteiger partial charge in [0.15, 0.2) is 0 Å². The Kier molecular flexibility index (Phi) is 2.88. The molecule has 3 rings (SSSR count). The lowest BCUT2D eigenvalue weighted by molar-refractivity contribution is 0.567. The van der Waals surface area contributed by atoms with Crippen LogP contribution in [0.2, 0.25) is 0 Å². The first-order valence-electron chi connectivity index (χ1n) is 6.27. The predicted octanol–water partition coefficient (Wildman–Crippen LogP) is 2.90. The Morgan fingerprint density at radius 1 is 1.00 bits per heavy atom. The zero-order chi connectivity index (χ0) is 12.4. The van der Waals surface area contributed by atoms with Crippen molar-refractivity contribution in [3.05, 3.63) is 70.8 Å². The summed E-state index contributed by atoms with van der Waals surface area (Å²) in [4.78, 5) is 0. The highest BCUT2D eigenvalue weighted by atomic mass is 14.9. The molecular weight excluding hydrogens is 218 g/mol. The number of benzene rings is 2. The molecule has 1 atom stereocenters. The normalized spacial score (nSPS) is 17.8. The molecule has 0 amide bonds. The van der Waals surface area contributed by atoms with Crippen LogP contribution in [0.3, 0.4) is 0 Å². The number of nitrogens with one attached hydrogen (secondary N) is 1. The summed E-state index contributed by atoms with van der Waals surface area (Å²) in [6, 6.07) is 17.0. The van der Waals surface area contributed by atoms with E-state index in [4.69, 9.17) is 6.42 Å². The topological polar surface area (TPSA) is 12.0 Å². The number of rotatable bonds is 1. The van der Waals surface area contributed by atoms with Crippen molar-refractivity contribution in [3.63, 3.8) is 0 Å². The first-order chi connectivity index (χ1) is 8.90. The Morgan fingerprint density at radius 3 is 2.56 bits per heavy atom. The third-order valence-corrected chi connectivity index (χ3v) is 3.54. The number of hydrogen-bond donors (Lipinski definition) is 1. The van der Waals surface area contributed by atoms with Crippen LogP contribution >= 0.6 is 0 Å². The van der Waals surface area contributed by atoms with E-state index < -0.39 is 0 Å². The fraction of sp³-hybridized carbons (Fsp3) is 0.176. The van der Waals surface area contributed by atoms with E-state index >= 15 is 0 Å². The van der Waals surface area contributed by atoms with E-state index in [9.17, 15) is 0 Å². The van der Waals surface area contributed by atoms with Crippen LogP contribution in [0, 0.1) is 12.3 Å². The van der Waals surface area contributed by atoms with Crippen molar-refractivity contribution in [3.8, 4) is 12.3 Å². The van der Waals surface area contributed by atoms with Gasteiger partial charge in [-0.25, -0.2) is 0 Å². The van der Waals surface area contributed by atoms with Gasteiger partial charge in [-0.15, -0.1) is 6.42 Å². The van der Waals surface area contributed by atoms with Crippen molar-refractivity contribution in [2.45, 2.75) is 12.5 Å². The summed E-state index contributed by atoms with van der Waals surface area (Å²) in [5.41, 5.74) is 4.96. The third-order valence-electron chi connectivity index (χ3n) is 3.54.